The number of aliphatic hydroxyl groups is 1. The molecule has 286 valence electrons. The second-order valence-electron chi connectivity index (χ2n) is 14.8. The second kappa shape index (κ2) is 12.6. The molecule has 1 spiro atoms. The van der Waals surface area contributed by atoms with Gasteiger partial charge in [-0.15, -0.1) is 11.8 Å². The van der Waals surface area contributed by atoms with E-state index >= 15 is 0 Å². The molecule has 2 saturated heterocycles. The summed E-state index contributed by atoms with van der Waals surface area (Å²) in [5.74, 6) is -0.533. The lowest BCUT2D eigenvalue weighted by Gasteiger charge is -2.62. The molecule has 7 aliphatic heterocycles. The fraction of sp³-hybridized carbons (Fsp3) is 0.487. The van der Waals surface area contributed by atoms with Crippen LogP contribution in [0, 0.1) is 13.8 Å². The number of aromatic hydroxyl groups is 2. The van der Waals surface area contributed by atoms with Crippen LogP contribution in [0.25, 0.3) is 0 Å². The SMILES string of the molecule is [2H]C([2H])([2H])Oc1cc2c(cc1O)CCN[C@]21CS[C@@H]2c3c(OC(C)=O)c(C)c4c(c3[C@H](COC1=O)N1[C@@H]2[C@H]2c3c(cc(C)c(OC)c3O)C[C@@H]([C@@H]1O)N2C)OCO4. The molecule has 10 rings (SSSR count). The summed E-state index contributed by atoms with van der Waals surface area (Å²) in [6, 6.07) is 2.28. The maximum Gasteiger partial charge on any atom is 0.331 e. The van der Waals surface area contributed by atoms with Crippen molar-refractivity contribution < 1.29 is 57.4 Å². The van der Waals surface area contributed by atoms with Gasteiger partial charge in [-0.25, -0.2) is 4.79 Å². The Kier molecular flexibility index (Phi) is 7.42. The summed E-state index contributed by atoms with van der Waals surface area (Å²) in [4.78, 5) is 31.7. The monoisotopic (exact) mass is 764 g/mol. The van der Waals surface area contributed by atoms with Gasteiger partial charge in [0, 0.05) is 47.5 Å². The van der Waals surface area contributed by atoms with Crippen molar-refractivity contribution >= 4 is 23.7 Å². The number of fused-ring (bicyclic) bond motifs is 9. The van der Waals surface area contributed by atoms with Crippen molar-refractivity contribution in [2.24, 2.45) is 0 Å². The molecule has 3 aromatic carbocycles. The molecular weight excluding hydrogens is 719 g/mol. The van der Waals surface area contributed by atoms with Crippen LogP contribution < -0.4 is 29.0 Å². The van der Waals surface area contributed by atoms with Gasteiger partial charge in [0.25, 0.3) is 0 Å². The molecule has 0 radical (unpaired) electrons. The molecule has 2 fully saturated rings. The number of aliphatic hydroxyl groups excluding tert-OH is 1. The van der Waals surface area contributed by atoms with Crippen molar-refractivity contribution in [2.45, 2.75) is 74.8 Å². The van der Waals surface area contributed by atoms with Crippen LogP contribution in [0.3, 0.4) is 0 Å². The summed E-state index contributed by atoms with van der Waals surface area (Å²) >= 11 is 1.36. The highest BCUT2D eigenvalue weighted by Crippen LogP contribution is 2.64. The molecule has 7 aliphatic rings. The maximum absolute atomic E-state index is 14.8. The summed E-state index contributed by atoms with van der Waals surface area (Å²) in [5, 5.41) is 38.1. The van der Waals surface area contributed by atoms with Crippen LogP contribution in [0.2, 0.25) is 0 Å². The van der Waals surface area contributed by atoms with Crippen molar-refractivity contribution in [1.29, 1.82) is 0 Å². The lowest BCUT2D eigenvalue weighted by Crippen LogP contribution is -2.70. The van der Waals surface area contributed by atoms with Gasteiger partial charge in [0.15, 0.2) is 40.0 Å². The first-order valence-corrected chi connectivity index (χ1v) is 18.9. The Labute approximate surface area is 320 Å². The third-order valence-corrected chi connectivity index (χ3v) is 13.6. The lowest BCUT2D eigenvalue weighted by molar-refractivity contribution is -0.186. The molecule has 0 unspecified atom stereocenters. The van der Waals surface area contributed by atoms with Crippen molar-refractivity contribution in [3.8, 4) is 40.2 Å². The van der Waals surface area contributed by atoms with Crippen molar-refractivity contribution in [3.05, 3.63) is 62.7 Å². The summed E-state index contributed by atoms with van der Waals surface area (Å²) in [6.45, 7) is 4.90. The number of phenolic OH excluding ortho intramolecular Hbond substituents is 2. The molecule has 15 heteroatoms. The highest BCUT2D eigenvalue weighted by molar-refractivity contribution is 7.99. The maximum atomic E-state index is 14.8. The number of aryl methyl sites for hydroxylation is 1. The number of methoxy groups -OCH3 is 2. The van der Waals surface area contributed by atoms with E-state index < -0.39 is 60.2 Å². The number of likely N-dealkylation sites (N-methyl/N-ethyl adjacent to an activating group) is 1. The number of hydrogen-bond donors (Lipinski definition) is 4. The molecule has 14 nitrogen and oxygen atoms in total. The van der Waals surface area contributed by atoms with Gasteiger partial charge in [-0.1, -0.05) is 6.07 Å². The van der Waals surface area contributed by atoms with E-state index in [2.05, 4.69) is 10.2 Å². The predicted octanol–water partition coefficient (Wildman–Crippen LogP) is 3.41. The van der Waals surface area contributed by atoms with Gasteiger partial charge in [0.1, 0.15) is 18.6 Å². The number of piperazine rings is 1. The van der Waals surface area contributed by atoms with E-state index in [1.807, 2.05) is 24.9 Å². The number of phenols is 2. The Bertz CT molecular complexity index is 2240. The molecular formula is C39H43N3O11S. The number of nitrogens with zero attached hydrogens (tertiary/aromatic N) is 2. The molecule has 7 atom stereocenters. The van der Waals surface area contributed by atoms with Crippen molar-refractivity contribution in [2.75, 3.05) is 46.9 Å². The van der Waals surface area contributed by atoms with E-state index in [9.17, 15) is 24.9 Å². The third kappa shape index (κ3) is 4.74. The van der Waals surface area contributed by atoms with Gasteiger partial charge >= 0.3 is 11.9 Å². The Morgan fingerprint density at radius 3 is 2.63 bits per heavy atom. The quantitative estimate of drug-likeness (QED) is 0.226. The first-order chi connectivity index (χ1) is 27.1. The zero-order chi connectivity index (χ0) is 40.5. The molecule has 54 heavy (non-hydrogen) atoms. The van der Waals surface area contributed by atoms with E-state index in [1.165, 1.54) is 37.9 Å². The standard InChI is InChI=1S/C39H43N3O11S/c1-16-9-20-10-22-37(46)42-23-13-50-38(47)39(21-12-25(48-5)24(44)11-19(21)7-8-40-39)14-54-36(30(42)29(41(22)4)26(20)31(45)32(16)49-6)28-27(23)35-34(51-15-52-35)17(2)33(28)53-18(3)43/h9,11-12,22-23,29-30,36-37,40,44-46H,7-8,10,13-15H2,1-6H3/t22-,23-,29+,30+,36+,37-,39+/m0/s1/i5D3. The number of carbonyl (C=O) groups is 2. The van der Waals surface area contributed by atoms with E-state index in [1.54, 1.807) is 6.92 Å². The Morgan fingerprint density at radius 1 is 1.07 bits per heavy atom. The van der Waals surface area contributed by atoms with E-state index in [-0.39, 0.29) is 42.2 Å². The minimum atomic E-state index is -2.88. The van der Waals surface area contributed by atoms with Crippen LogP contribution in [0.5, 0.6) is 40.2 Å². The number of benzene rings is 3. The van der Waals surface area contributed by atoms with Gasteiger partial charge in [0.05, 0.1) is 41.6 Å². The highest BCUT2D eigenvalue weighted by Gasteiger charge is 2.61. The van der Waals surface area contributed by atoms with Crippen LogP contribution in [-0.4, -0.2) is 102 Å². The summed E-state index contributed by atoms with van der Waals surface area (Å²) in [7, 11) is 0.539. The fourth-order valence-corrected chi connectivity index (χ4v) is 11.6. The number of esters is 2. The molecule has 0 aliphatic carbocycles. The topological polar surface area (TPSA) is 169 Å². The molecule has 0 amide bonds. The molecule has 4 N–H and O–H groups in total. The number of rotatable bonds is 3. The van der Waals surface area contributed by atoms with Crippen LogP contribution in [0.1, 0.15) is 72.9 Å². The first-order valence-electron chi connectivity index (χ1n) is 19.4. The minimum absolute atomic E-state index is 0.00501. The molecule has 0 saturated carbocycles. The molecule has 4 bridgehead atoms. The van der Waals surface area contributed by atoms with Gasteiger partial charge < -0.3 is 43.7 Å². The first kappa shape index (κ1) is 31.9. The number of thioether (sulfide) groups is 1. The largest absolute Gasteiger partial charge is 0.504 e. The van der Waals surface area contributed by atoms with Gasteiger partial charge in [-0.05, 0) is 68.1 Å². The number of ether oxygens (including phenoxy) is 6. The van der Waals surface area contributed by atoms with Crippen LogP contribution in [0.4, 0.5) is 0 Å². The zero-order valence-electron chi connectivity index (χ0n) is 33.3. The van der Waals surface area contributed by atoms with E-state index in [0.29, 0.717) is 70.0 Å². The van der Waals surface area contributed by atoms with Gasteiger partial charge in [0.2, 0.25) is 6.79 Å². The average Bonchev–Trinajstić information content (AvgIpc) is 3.63. The summed E-state index contributed by atoms with van der Waals surface area (Å²) < 4.78 is 58.7. The molecule has 3 aromatic rings. The van der Waals surface area contributed by atoms with E-state index in [0.717, 1.165) is 11.1 Å². The van der Waals surface area contributed by atoms with E-state index in [4.69, 9.17) is 32.5 Å². The van der Waals surface area contributed by atoms with Crippen LogP contribution in [-0.2, 0) is 32.7 Å². The Hall–Kier alpha value is -4.41. The highest BCUT2D eigenvalue weighted by atomic mass is 32.2. The van der Waals surface area contributed by atoms with Crippen molar-refractivity contribution in [1.82, 2.24) is 15.1 Å². The number of nitrogens with one attached hydrogen (secondary N) is 1. The smallest absolute Gasteiger partial charge is 0.331 e. The summed E-state index contributed by atoms with van der Waals surface area (Å²) in [5.41, 5.74) is 3.39. The Balaban J connectivity index is 1.30. The van der Waals surface area contributed by atoms with Crippen molar-refractivity contribution in [3.63, 3.8) is 0 Å². The molecule has 0 aromatic heterocycles. The minimum Gasteiger partial charge on any atom is -0.504 e. The fourth-order valence-electron chi connectivity index (χ4n) is 9.91. The second-order valence-corrected chi connectivity index (χ2v) is 16.0. The number of hydrogen-bond acceptors (Lipinski definition) is 15. The summed E-state index contributed by atoms with van der Waals surface area (Å²) in [6.07, 6.45) is -0.280. The molecule has 7 heterocycles. The predicted molar refractivity (Wildman–Crippen MR) is 195 cm³/mol. The van der Waals surface area contributed by atoms with Crippen LogP contribution in [0.15, 0.2) is 18.2 Å². The van der Waals surface area contributed by atoms with Gasteiger partial charge in [-0.2, -0.15) is 0 Å². The number of carbonyl (C=O) groups excluding carboxylic acids is 2. The van der Waals surface area contributed by atoms with Gasteiger partial charge in [-0.3, -0.25) is 19.9 Å². The normalized spacial score (nSPS) is 30.5. The third-order valence-electron chi connectivity index (χ3n) is 12.2. The zero-order valence-corrected chi connectivity index (χ0v) is 31.2. The lowest BCUT2D eigenvalue weighted by atomic mass is 9.73. The van der Waals surface area contributed by atoms with Crippen LogP contribution >= 0.6 is 11.8 Å². The Morgan fingerprint density at radius 2 is 1.87 bits per heavy atom. The average molecular weight is 765 g/mol.